The van der Waals surface area contributed by atoms with Crippen molar-refractivity contribution in [1.29, 1.82) is 0 Å². The van der Waals surface area contributed by atoms with Crippen LogP contribution < -0.4 is 14.2 Å². The van der Waals surface area contributed by atoms with Crippen LogP contribution in [0.1, 0.15) is 75.2 Å². The number of rotatable bonds is 14. The molecular weight excluding hydrogens is 450 g/mol. The number of aliphatic imine (C=N–C) groups is 1. The predicted octanol–water partition coefficient (Wildman–Crippen LogP) is 8.18. The zero-order valence-corrected chi connectivity index (χ0v) is 21.6. The minimum Gasteiger partial charge on any atom is -0.494 e. The van der Waals surface area contributed by atoms with Crippen LogP contribution in [0, 0.1) is 0 Å². The summed E-state index contributed by atoms with van der Waals surface area (Å²) >= 11 is 0. The maximum Gasteiger partial charge on any atom is 0.343 e. The van der Waals surface area contributed by atoms with Crippen LogP contribution in [0.15, 0.2) is 77.8 Å². The zero-order chi connectivity index (χ0) is 25.6. The molecule has 0 amide bonds. The Balaban J connectivity index is 1.46. The molecule has 0 bridgehead atoms. The number of nitrogens with zero attached hydrogens (tertiary/aromatic N) is 1. The lowest BCUT2D eigenvalue weighted by atomic mass is 10.2. The van der Waals surface area contributed by atoms with E-state index in [1.165, 1.54) is 25.7 Å². The van der Waals surface area contributed by atoms with Crippen LogP contribution in [0.3, 0.4) is 0 Å². The van der Waals surface area contributed by atoms with Crippen molar-refractivity contribution in [3.8, 4) is 17.2 Å². The molecule has 5 nitrogen and oxygen atoms in total. The molecular formula is C31H37NO4. The molecule has 0 heterocycles. The van der Waals surface area contributed by atoms with Crippen LogP contribution in [-0.4, -0.2) is 24.9 Å². The van der Waals surface area contributed by atoms with E-state index >= 15 is 0 Å². The van der Waals surface area contributed by atoms with Gasteiger partial charge in [0.25, 0.3) is 0 Å². The van der Waals surface area contributed by atoms with Crippen molar-refractivity contribution in [1.82, 2.24) is 0 Å². The summed E-state index contributed by atoms with van der Waals surface area (Å²) in [4.78, 5) is 17.0. The average molecular weight is 488 g/mol. The van der Waals surface area contributed by atoms with E-state index < -0.39 is 5.97 Å². The van der Waals surface area contributed by atoms with Gasteiger partial charge in [-0.25, -0.2) is 4.79 Å². The maximum atomic E-state index is 12.5. The van der Waals surface area contributed by atoms with Crippen LogP contribution >= 0.6 is 0 Å². The summed E-state index contributed by atoms with van der Waals surface area (Å²) in [6.07, 6.45) is 8.92. The Morgan fingerprint density at radius 2 is 1.44 bits per heavy atom. The first-order chi connectivity index (χ1) is 17.6. The Bertz CT molecular complexity index is 1070. The standard InChI is InChI=1S/C31H37NO4/c1-4-6-7-8-9-22-34-28-18-12-26(13-19-28)31(33)36-30-16-10-25(11-17-30)23-32-27-14-20-29(21-15-27)35-24(3)5-2/h10-21,23-24H,4-9,22H2,1-3H3/t24-/m0/s1. The lowest BCUT2D eigenvalue weighted by Crippen LogP contribution is -2.09. The number of unbranched alkanes of at least 4 members (excludes halogenated alkanes) is 4. The third kappa shape index (κ3) is 9.21. The van der Waals surface area contributed by atoms with Gasteiger partial charge in [0.1, 0.15) is 17.2 Å². The summed E-state index contributed by atoms with van der Waals surface area (Å²) in [6.45, 7) is 7.05. The normalized spacial score (nSPS) is 11.9. The van der Waals surface area contributed by atoms with Gasteiger partial charge in [-0.3, -0.25) is 4.99 Å². The van der Waals surface area contributed by atoms with Crippen molar-refractivity contribution in [2.45, 2.75) is 65.4 Å². The van der Waals surface area contributed by atoms with E-state index in [0.29, 0.717) is 17.9 Å². The first-order valence-corrected chi connectivity index (χ1v) is 12.9. The summed E-state index contributed by atoms with van der Waals surface area (Å²) < 4.78 is 17.1. The SMILES string of the molecule is CCCCCCCOc1ccc(C(=O)Oc2ccc(C=Nc3ccc(O[C@@H](C)CC)cc3)cc2)cc1. The Labute approximate surface area is 215 Å². The van der Waals surface area contributed by atoms with Crippen molar-refractivity contribution in [2.75, 3.05) is 6.61 Å². The number of hydrogen-bond donors (Lipinski definition) is 0. The molecule has 0 aliphatic heterocycles. The second kappa shape index (κ2) is 14.7. The molecule has 190 valence electrons. The minimum atomic E-state index is -0.401. The van der Waals surface area contributed by atoms with E-state index in [4.69, 9.17) is 14.2 Å². The smallest absolute Gasteiger partial charge is 0.343 e. The molecule has 0 aromatic heterocycles. The van der Waals surface area contributed by atoms with Crippen LogP contribution in [-0.2, 0) is 0 Å². The number of carbonyl (C=O) groups is 1. The van der Waals surface area contributed by atoms with Gasteiger partial charge in [-0.05, 0) is 98.1 Å². The van der Waals surface area contributed by atoms with Crippen molar-refractivity contribution in [2.24, 2.45) is 4.99 Å². The van der Waals surface area contributed by atoms with Crippen molar-refractivity contribution >= 4 is 17.9 Å². The Kier molecular flexibility index (Phi) is 11.0. The lowest BCUT2D eigenvalue weighted by molar-refractivity contribution is 0.0734. The van der Waals surface area contributed by atoms with Gasteiger partial charge in [-0.2, -0.15) is 0 Å². The second-order valence-electron chi connectivity index (χ2n) is 8.83. The van der Waals surface area contributed by atoms with Gasteiger partial charge in [-0.15, -0.1) is 0 Å². The van der Waals surface area contributed by atoms with Gasteiger partial charge in [0.05, 0.1) is 24.0 Å². The van der Waals surface area contributed by atoms with E-state index in [1.807, 2.05) is 48.5 Å². The van der Waals surface area contributed by atoms with Crippen molar-refractivity contribution < 1.29 is 19.0 Å². The number of carbonyl (C=O) groups excluding carboxylic acids is 1. The van der Waals surface area contributed by atoms with Crippen molar-refractivity contribution in [3.05, 3.63) is 83.9 Å². The molecule has 3 aromatic rings. The highest BCUT2D eigenvalue weighted by Crippen LogP contribution is 2.21. The quantitative estimate of drug-likeness (QED) is 0.0995. The van der Waals surface area contributed by atoms with Gasteiger partial charge in [0.2, 0.25) is 0 Å². The van der Waals surface area contributed by atoms with E-state index in [9.17, 15) is 4.79 Å². The van der Waals surface area contributed by atoms with Gasteiger partial charge in [-0.1, -0.05) is 39.5 Å². The number of hydrogen-bond acceptors (Lipinski definition) is 5. The van der Waals surface area contributed by atoms with Gasteiger partial charge in [0, 0.05) is 6.21 Å². The summed E-state index contributed by atoms with van der Waals surface area (Å²) in [6, 6.07) is 22.0. The van der Waals surface area contributed by atoms with E-state index in [2.05, 4.69) is 25.8 Å². The molecule has 1 atom stereocenters. The molecule has 0 radical (unpaired) electrons. The fourth-order valence-corrected chi connectivity index (χ4v) is 3.45. The predicted molar refractivity (Wildman–Crippen MR) is 146 cm³/mol. The first-order valence-electron chi connectivity index (χ1n) is 12.9. The molecule has 0 aliphatic rings. The highest BCUT2D eigenvalue weighted by atomic mass is 16.5. The Morgan fingerprint density at radius 3 is 2.11 bits per heavy atom. The number of benzene rings is 3. The highest BCUT2D eigenvalue weighted by molar-refractivity contribution is 5.91. The lowest BCUT2D eigenvalue weighted by Gasteiger charge is -2.12. The fraction of sp³-hybridized carbons (Fsp3) is 0.355. The van der Waals surface area contributed by atoms with E-state index in [0.717, 1.165) is 35.6 Å². The maximum absolute atomic E-state index is 12.5. The molecule has 36 heavy (non-hydrogen) atoms. The van der Waals surface area contributed by atoms with Crippen molar-refractivity contribution in [3.63, 3.8) is 0 Å². The highest BCUT2D eigenvalue weighted by Gasteiger charge is 2.09. The molecule has 0 unspecified atom stereocenters. The molecule has 3 aromatic carbocycles. The Hall–Kier alpha value is -3.60. The molecule has 0 aliphatic carbocycles. The molecule has 0 fully saturated rings. The summed E-state index contributed by atoms with van der Waals surface area (Å²) in [5, 5.41) is 0. The fourth-order valence-electron chi connectivity index (χ4n) is 3.45. The van der Waals surface area contributed by atoms with E-state index in [-0.39, 0.29) is 6.10 Å². The molecule has 5 heteroatoms. The van der Waals surface area contributed by atoms with E-state index in [1.54, 1.807) is 30.5 Å². The van der Waals surface area contributed by atoms with Gasteiger partial charge < -0.3 is 14.2 Å². The molecule has 0 N–H and O–H groups in total. The van der Waals surface area contributed by atoms with Gasteiger partial charge in [0.15, 0.2) is 0 Å². The topological polar surface area (TPSA) is 57.1 Å². The average Bonchev–Trinajstić information content (AvgIpc) is 2.91. The third-order valence-electron chi connectivity index (χ3n) is 5.81. The molecule has 0 saturated carbocycles. The summed E-state index contributed by atoms with van der Waals surface area (Å²) in [5.41, 5.74) is 2.23. The molecule has 0 saturated heterocycles. The summed E-state index contributed by atoms with van der Waals surface area (Å²) in [5.74, 6) is 1.69. The van der Waals surface area contributed by atoms with Crippen LogP contribution in [0.4, 0.5) is 5.69 Å². The monoisotopic (exact) mass is 487 g/mol. The largest absolute Gasteiger partial charge is 0.494 e. The third-order valence-corrected chi connectivity index (χ3v) is 5.81. The number of ether oxygens (including phenoxy) is 3. The number of esters is 1. The Morgan fingerprint density at radius 1 is 0.806 bits per heavy atom. The zero-order valence-electron chi connectivity index (χ0n) is 21.6. The van der Waals surface area contributed by atoms with Crippen LogP contribution in [0.25, 0.3) is 0 Å². The van der Waals surface area contributed by atoms with Gasteiger partial charge >= 0.3 is 5.97 Å². The molecule has 3 rings (SSSR count). The molecule has 0 spiro atoms. The first kappa shape index (κ1) is 27.0. The van der Waals surface area contributed by atoms with Crippen LogP contribution in [0.5, 0.6) is 17.2 Å². The summed E-state index contributed by atoms with van der Waals surface area (Å²) in [7, 11) is 0. The minimum absolute atomic E-state index is 0.190. The van der Waals surface area contributed by atoms with Crippen LogP contribution in [0.2, 0.25) is 0 Å². The second-order valence-corrected chi connectivity index (χ2v) is 8.83.